The Balaban J connectivity index is 1.23. The Bertz CT molecular complexity index is 1100. The average Bonchev–Trinajstić information content (AvgIpc) is 3.33. The van der Waals surface area contributed by atoms with Gasteiger partial charge < -0.3 is 9.42 Å². The zero-order valence-corrected chi connectivity index (χ0v) is 19.2. The largest absolute Gasteiger partial charge is 0.340 e. The summed E-state index contributed by atoms with van der Waals surface area (Å²) in [4.78, 5) is 21.4. The molecule has 2 heterocycles. The smallest absolute Gasteiger partial charge is 0.227 e. The Morgan fingerprint density at radius 1 is 1.06 bits per heavy atom. The van der Waals surface area contributed by atoms with Crippen LogP contribution in [0.5, 0.6) is 0 Å². The average molecular weight is 444 g/mol. The van der Waals surface area contributed by atoms with Crippen LogP contribution in [0.15, 0.2) is 53.1 Å². The zero-order valence-electron chi connectivity index (χ0n) is 19.2. The van der Waals surface area contributed by atoms with Crippen molar-refractivity contribution in [1.82, 2.24) is 19.9 Å². The number of hydrogen-bond acceptors (Lipinski definition) is 6. The SMILES string of the molecule is CC(C)c1ccc(-c2noc(CCC(=O)N3CCN(Cc4ccc(C#N)cc4)CC3)n2)cc1. The molecule has 1 aliphatic heterocycles. The minimum Gasteiger partial charge on any atom is -0.340 e. The van der Waals surface area contributed by atoms with E-state index in [1.54, 1.807) is 0 Å². The lowest BCUT2D eigenvalue weighted by atomic mass is 10.0. The van der Waals surface area contributed by atoms with Gasteiger partial charge in [-0.3, -0.25) is 9.69 Å². The summed E-state index contributed by atoms with van der Waals surface area (Å²) >= 11 is 0. The minimum absolute atomic E-state index is 0.119. The molecule has 7 nitrogen and oxygen atoms in total. The van der Waals surface area contributed by atoms with Crippen molar-refractivity contribution >= 4 is 5.91 Å². The Morgan fingerprint density at radius 3 is 2.39 bits per heavy atom. The zero-order chi connectivity index (χ0) is 23.2. The standard InChI is InChI=1S/C26H29N5O2/c1-19(2)22-7-9-23(10-8-22)26-28-24(33-29-26)11-12-25(32)31-15-13-30(14-16-31)18-21-5-3-20(17-27)4-6-21/h3-10,19H,11-16,18H2,1-2H3. The quantitative estimate of drug-likeness (QED) is 0.548. The van der Waals surface area contributed by atoms with Crippen LogP contribution in [0.25, 0.3) is 11.4 Å². The molecule has 1 fully saturated rings. The number of piperazine rings is 1. The van der Waals surface area contributed by atoms with Crippen molar-refractivity contribution in [2.45, 2.75) is 39.2 Å². The molecule has 1 amide bonds. The monoisotopic (exact) mass is 443 g/mol. The summed E-state index contributed by atoms with van der Waals surface area (Å²) in [6, 6.07) is 18.0. The van der Waals surface area contributed by atoms with Gasteiger partial charge in [0.05, 0.1) is 11.6 Å². The van der Waals surface area contributed by atoms with Crippen LogP contribution in [0.1, 0.15) is 48.8 Å². The van der Waals surface area contributed by atoms with Crippen LogP contribution in [-0.2, 0) is 17.8 Å². The van der Waals surface area contributed by atoms with E-state index in [1.165, 1.54) is 11.1 Å². The number of aryl methyl sites for hydroxylation is 1. The summed E-state index contributed by atoms with van der Waals surface area (Å²) in [6.45, 7) is 8.25. The second-order valence-corrected chi connectivity index (χ2v) is 8.75. The number of rotatable bonds is 7. The molecule has 1 aromatic heterocycles. The molecular weight excluding hydrogens is 414 g/mol. The number of aromatic nitrogens is 2. The van der Waals surface area contributed by atoms with E-state index in [9.17, 15) is 4.79 Å². The molecule has 7 heteroatoms. The second-order valence-electron chi connectivity index (χ2n) is 8.75. The molecule has 0 saturated carbocycles. The van der Waals surface area contributed by atoms with Gasteiger partial charge in [-0.25, -0.2) is 0 Å². The molecule has 170 valence electrons. The number of benzene rings is 2. The minimum atomic E-state index is 0.119. The third-order valence-corrected chi connectivity index (χ3v) is 6.07. The topological polar surface area (TPSA) is 86.3 Å². The van der Waals surface area contributed by atoms with Crippen LogP contribution >= 0.6 is 0 Å². The lowest BCUT2D eigenvalue weighted by Gasteiger charge is -2.34. The van der Waals surface area contributed by atoms with Crippen molar-refractivity contribution in [3.63, 3.8) is 0 Å². The van der Waals surface area contributed by atoms with E-state index in [-0.39, 0.29) is 5.91 Å². The lowest BCUT2D eigenvalue weighted by molar-refractivity contribution is -0.133. The van der Waals surface area contributed by atoms with Crippen molar-refractivity contribution in [1.29, 1.82) is 5.26 Å². The van der Waals surface area contributed by atoms with Crippen molar-refractivity contribution in [2.75, 3.05) is 26.2 Å². The van der Waals surface area contributed by atoms with Crippen LogP contribution in [0.4, 0.5) is 0 Å². The number of carbonyl (C=O) groups excluding carboxylic acids is 1. The summed E-state index contributed by atoms with van der Waals surface area (Å²) < 4.78 is 5.37. The number of amides is 1. The highest BCUT2D eigenvalue weighted by atomic mass is 16.5. The molecule has 0 unspecified atom stereocenters. The van der Waals surface area contributed by atoms with Crippen LogP contribution in [-0.4, -0.2) is 52.0 Å². The van der Waals surface area contributed by atoms with Crippen LogP contribution in [0, 0.1) is 11.3 Å². The molecule has 0 atom stereocenters. The van der Waals surface area contributed by atoms with Gasteiger partial charge in [-0.15, -0.1) is 0 Å². The van der Waals surface area contributed by atoms with E-state index in [1.807, 2.05) is 41.3 Å². The number of nitrogens with zero attached hydrogens (tertiary/aromatic N) is 5. The number of carbonyl (C=O) groups is 1. The molecule has 1 aliphatic rings. The van der Waals surface area contributed by atoms with E-state index in [0.29, 0.717) is 49.1 Å². The van der Waals surface area contributed by atoms with Crippen LogP contribution in [0.3, 0.4) is 0 Å². The maximum Gasteiger partial charge on any atom is 0.227 e. The maximum atomic E-state index is 12.7. The molecule has 1 saturated heterocycles. The molecular formula is C26H29N5O2. The highest BCUT2D eigenvalue weighted by molar-refractivity contribution is 5.76. The number of nitriles is 1. The third-order valence-electron chi connectivity index (χ3n) is 6.07. The predicted molar refractivity (Wildman–Crippen MR) is 125 cm³/mol. The second kappa shape index (κ2) is 10.4. The summed E-state index contributed by atoms with van der Waals surface area (Å²) in [6.07, 6.45) is 0.810. The fourth-order valence-electron chi connectivity index (χ4n) is 3.96. The first-order chi connectivity index (χ1) is 16.0. The van der Waals surface area contributed by atoms with Crippen molar-refractivity contribution in [2.24, 2.45) is 0 Å². The summed E-state index contributed by atoms with van der Waals surface area (Å²) in [7, 11) is 0. The van der Waals surface area contributed by atoms with Gasteiger partial charge in [0, 0.05) is 51.1 Å². The van der Waals surface area contributed by atoms with Gasteiger partial charge in [-0.2, -0.15) is 10.2 Å². The van der Waals surface area contributed by atoms with Gasteiger partial charge in [-0.05, 0) is 29.2 Å². The van der Waals surface area contributed by atoms with E-state index in [0.717, 1.165) is 25.2 Å². The van der Waals surface area contributed by atoms with Crippen molar-refractivity contribution in [3.8, 4) is 17.5 Å². The number of hydrogen-bond donors (Lipinski definition) is 0. The predicted octanol–water partition coefficient (Wildman–Crippen LogP) is 4.01. The summed E-state index contributed by atoms with van der Waals surface area (Å²) in [5.74, 6) is 1.65. The van der Waals surface area contributed by atoms with Gasteiger partial charge in [0.2, 0.25) is 17.6 Å². The summed E-state index contributed by atoms with van der Waals surface area (Å²) in [5, 5.41) is 13.0. The van der Waals surface area contributed by atoms with E-state index >= 15 is 0 Å². The molecule has 0 radical (unpaired) electrons. The summed E-state index contributed by atoms with van der Waals surface area (Å²) in [5.41, 5.74) is 4.04. The molecule has 3 aromatic rings. The van der Waals surface area contributed by atoms with E-state index < -0.39 is 0 Å². The molecule has 0 spiro atoms. The maximum absolute atomic E-state index is 12.7. The first-order valence-corrected chi connectivity index (χ1v) is 11.4. The molecule has 0 bridgehead atoms. The van der Waals surface area contributed by atoms with Gasteiger partial charge in [0.1, 0.15) is 0 Å². The van der Waals surface area contributed by atoms with Gasteiger partial charge >= 0.3 is 0 Å². The van der Waals surface area contributed by atoms with Gasteiger partial charge in [0.25, 0.3) is 0 Å². The molecule has 4 rings (SSSR count). The van der Waals surface area contributed by atoms with E-state index in [4.69, 9.17) is 9.78 Å². The van der Waals surface area contributed by atoms with Crippen molar-refractivity contribution < 1.29 is 9.32 Å². The fraction of sp³-hybridized carbons (Fsp3) is 0.385. The third kappa shape index (κ3) is 5.85. The molecule has 33 heavy (non-hydrogen) atoms. The van der Waals surface area contributed by atoms with Gasteiger partial charge in [-0.1, -0.05) is 55.4 Å². The fourth-order valence-corrected chi connectivity index (χ4v) is 3.96. The van der Waals surface area contributed by atoms with Crippen LogP contribution < -0.4 is 0 Å². The Labute approximate surface area is 194 Å². The first-order valence-electron chi connectivity index (χ1n) is 11.4. The highest BCUT2D eigenvalue weighted by Gasteiger charge is 2.21. The molecule has 0 N–H and O–H groups in total. The highest BCUT2D eigenvalue weighted by Crippen LogP contribution is 2.21. The first kappa shape index (κ1) is 22.7. The Morgan fingerprint density at radius 2 is 1.76 bits per heavy atom. The Kier molecular flexibility index (Phi) is 7.16. The Hall–Kier alpha value is -3.50. The molecule has 2 aromatic carbocycles. The molecule has 0 aliphatic carbocycles. The lowest BCUT2D eigenvalue weighted by Crippen LogP contribution is -2.48. The van der Waals surface area contributed by atoms with Crippen molar-refractivity contribution in [3.05, 3.63) is 71.1 Å². The van der Waals surface area contributed by atoms with Gasteiger partial charge in [0.15, 0.2) is 0 Å². The van der Waals surface area contributed by atoms with Crippen LogP contribution in [0.2, 0.25) is 0 Å². The normalized spacial score (nSPS) is 14.4. The van der Waals surface area contributed by atoms with E-state index in [2.05, 4.69) is 47.1 Å².